The van der Waals surface area contributed by atoms with Crippen LogP contribution in [-0.4, -0.2) is 30.4 Å². The van der Waals surface area contributed by atoms with Crippen LogP contribution in [0.1, 0.15) is 21.1 Å². The molecule has 1 amide bonds. The maximum atomic E-state index is 12.4. The molecule has 32 heavy (non-hydrogen) atoms. The number of carbonyl (C=O) groups excluding carboxylic acids is 1. The van der Waals surface area contributed by atoms with Gasteiger partial charge in [0.2, 0.25) is 0 Å². The largest absolute Gasteiger partial charge is 0.456 e. The van der Waals surface area contributed by atoms with E-state index in [2.05, 4.69) is 30.6 Å². The molecule has 10 nitrogen and oxygen atoms in total. The molecule has 0 aliphatic rings. The van der Waals surface area contributed by atoms with Crippen molar-refractivity contribution in [2.75, 3.05) is 10.6 Å². The Kier molecular flexibility index (Phi) is 5.90. The zero-order chi connectivity index (χ0) is 22.7. The first-order valence-corrected chi connectivity index (χ1v) is 10.3. The van der Waals surface area contributed by atoms with Crippen molar-refractivity contribution in [1.82, 2.24) is 24.5 Å². The molecule has 0 fully saturated rings. The Morgan fingerprint density at radius 1 is 1.00 bits per heavy atom. The molecule has 0 aliphatic heterocycles. The number of aryl methyl sites for hydroxylation is 2. The Hall–Kier alpha value is -4.12. The molecule has 2 N–H and O–H groups in total. The van der Waals surface area contributed by atoms with Gasteiger partial charge in [0.1, 0.15) is 34.5 Å². The Morgan fingerprint density at radius 2 is 1.84 bits per heavy atom. The van der Waals surface area contributed by atoms with Crippen LogP contribution < -0.4 is 20.9 Å². The molecule has 0 saturated heterocycles. The van der Waals surface area contributed by atoms with E-state index in [0.29, 0.717) is 23.1 Å². The van der Waals surface area contributed by atoms with E-state index >= 15 is 0 Å². The van der Waals surface area contributed by atoms with Crippen molar-refractivity contribution in [2.45, 2.75) is 13.8 Å². The van der Waals surface area contributed by atoms with Crippen LogP contribution in [0.2, 0.25) is 0 Å². The van der Waals surface area contributed by atoms with E-state index in [9.17, 15) is 9.59 Å². The summed E-state index contributed by atoms with van der Waals surface area (Å²) in [5, 5.41) is 6.46. The summed E-state index contributed by atoms with van der Waals surface area (Å²) in [7, 11) is 1.56. The van der Waals surface area contributed by atoms with E-state index in [1.54, 1.807) is 50.6 Å². The number of carbonyl (C=O) groups is 1. The Morgan fingerprint density at radius 3 is 2.56 bits per heavy atom. The first-order chi connectivity index (χ1) is 15.4. The van der Waals surface area contributed by atoms with E-state index in [4.69, 9.17) is 4.74 Å². The van der Waals surface area contributed by atoms with Crippen LogP contribution in [0.4, 0.5) is 16.8 Å². The molecule has 0 spiro atoms. The van der Waals surface area contributed by atoms with Gasteiger partial charge in [-0.3, -0.25) is 14.2 Å². The first-order valence-electron chi connectivity index (χ1n) is 9.52. The smallest absolute Gasteiger partial charge is 0.266 e. The lowest BCUT2D eigenvalue weighted by molar-refractivity contribution is 0.102. The second-order valence-electron chi connectivity index (χ2n) is 6.80. The Labute approximate surface area is 187 Å². The number of nitrogens with one attached hydrogen (secondary N) is 2. The van der Waals surface area contributed by atoms with Crippen molar-refractivity contribution in [3.05, 3.63) is 75.7 Å². The van der Waals surface area contributed by atoms with Crippen LogP contribution in [0.25, 0.3) is 0 Å². The third kappa shape index (κ3) is 4.78. The van der Waals surface area contributed by atoms with Gasteiger partial charge in [0.05, 0.1) is 6.20 Å². The highest BCUT2D eigenvalue weighted by atomic mass is 32.1. The zero-order valence-electron chi connectivity index (χ0n) is 17.5. The fraction of sp³-hybridized carbons (Fsp3) is 0.143. The highest BCUT2D eigenvalue weighted by Gasteiger charge is 2.14. The van der Waals surface area contributed by atoms with Gasteiger partial charge in [0, 0.05) is 36.6 Å². The molecule has 0 saturated carbocycles. The summed E-state index contributed by atoms with van der Waals surface area (Å²) in [5.74, 6) is 1.84. The lowest BCUT2D eigenvalue weighted by Gasteiger charge is -2.09. The Balaban J connectivity index is 1.42. The van der Waals surface area contributed by atoms with Gasteiger partial charge in [-0.25, -0.2) is 19.9 Å². The summed E-state index contributed by atoms with van der Waals surface area (Å²) in [5.41, 5.74) is -0.488. The van der Waals surface area contributed by atoms with Crippen LogP contribution in [0, 0.1) is 13.8 Å². The van der Waals surface area contributed by atoms with Crippen LogP contribution >= 0.6 is 11.3 Å². The number of pyridine rings is 2. The van der Waals surface area contributed by atoms with E-state index in [1.165, 1.54) is 28.3 Å². The fourth-order valence-corrected chi connectivity index (χ4v) is 3.35. The standard InChI is InChI=1S/C21H19N7O3S/c1-12-9-25-21(32-12)27-18-8-14(6-7-22-18)31-15-4-5-17(24-10-15)26-19(29)16-11-23-13(2)28(3)20(16)30/h4-11H,1-3H3,(H,22,25,27)(H,24,26,29). The molecular formula is C21H19N7O3S. The third-order valence-electron chi connectivity index (χ3n) is 4.45. The summed E-state index contributed by atoms with van der Waals surface area (Å²) in [6, 6.07) is 6.70. The summed E-state index contributed by atoms with van der Waals surface area (Å²) in [6.45, 7) is 3.66. The van der Waals surface area contributed by atoms with Gasteiger partial charge >= 0.3 is 0 Å². The number of anilines is 3. The van der Waals surface area contributed by atoms with Gasteiger partial charge < -0.3 is 15.4 Å². The van der Waals surface area contributed by atoms with Crippen molar-refractivity contribution in [1.29, 1.82) is 0 Å². The average Bonchev–Trinajstić information content (AvgIpc) is 3.18. The highest BCUT2D eigenvalue weighted by Crippen LogP contribution is 2.26. The lowest BCUT2D eigenvalue weighted by Crippen LogP contribution is -2.29. The number of ether oxygens (including phenoxy) is 1. The van der Waals surface area contributed by atoms with Crippen LogP contribution in [0.15, 0.2) is 53.8 Å². The number of aromatic nitrogens is 5. The monoisotopic (exact) mass is 449 g/mol. The molecular weight excluding hydrogens is 430 g/mol. The van der Waals surface area contributed by atoms with Gasteiger partial charge in [-0.05, 0) is 32.0 Å². The van der Waals surface area contributed by atoms with E-state index in [-0.39, 0.29) is 11.4 Å². The SMILES string of the molecule is Cc1cnc(Nc2cc(Oc3ccc(NC(=O)c4cnc(C)n(C)c4=O)nc3)ccn2)s1. The van der Waals surface area contributed by atoms with Crippen LogP contribution in [0.5, 0.6) is 11.5 Å². The fourth-order valence-electron chi connectivity index (χ4n) is 2.68. The third-order valence-corrected chi connectivity index (χ3v) is 5.28. The predicted molar refractivity (Wildman–Crippen MR) is 121 cm³/mol. The number of amides is 1. The van der Waals surface area contributed by atoms with Crippen molar-refractivity contribution < 1.29 is 9.53 Å². The number of nitrogens with zero attached hydrogens (tertiary/aromatic N) is 5. The average molecular weight is 449 g/mol. The second-order valence-corrected chi connectivity index (χ2v) is 8.03. The molecule has 4 aromatic rings. The van der Waals surface area contributed by atoms with Crippen molar-refractivity contribution >= 4 is 34.0 Å². The molecule has 0 aromatic carbocycles. The van der Waals surface area contributed by atoms with Gasteiger partial charge in [0.15, 0.2) is 5.13 Å². The van der Waals surface area contributed by atoms with Crippen LogP contribution in [-0.2, 0) is 7.05 Å². The van der Waals surface area contributed by atoms with Gasteiger partial charge in [-0.1, -0.05) is 0 Å². The molecule has 0 atom stereocenters. The highest BCUT2D eigenvalue weighted by molar-refractivity contribution is 7.15. The van der Waals surface area contributed by atoms with Crippen molar-refractivity contribution in [3.8, 4) is 11.5 Å². The molecule has 0 unspecified atom stereocenters. The summed E-state index contributed by atoms with van der Waals surface area (Å²) < 4.78 is 7.13. The minimum Gasteiger partial charge on any atom is -0.456 e. The van der Waals surface area contributed by atoms with E-state index < -0.39 is 11.5 Å². The summed E-state index contributed by atoms with van der Waals surface area (Å²) in [4.78, 5) is 42.5. The normalized spacial score (nSPS) is 10.6. The first kappa shape index (κ1) is 21.1. The molecule has 0 radical (unpaired) electrons. The number of hydrogen-bond acceptors (Lipinski definition) is 9. The number of hydrogen-bond donors (Lipinski definition) is 2. The minimum atomic E-state index is -0.582. The van der Waals surface area contributed by atoms with Crippen molar-refractivity contribution in [2.24, 2.45) is 7.05 Å². The molecule has 4 aromatic heterocycles. The maximum absolute atomic E-state index is 12.4. The number of thiazole rings is 1. The molecule has 4 heterocycles. The molecule has 162 valence electrons. The van der Waals surface area contributed by atoms with Crippen LogP contribution in [0.3, 0.4) is 0 Å². The zero-order valence-corrected chi connectivity index (χ0v) is 18.3. The maximum Gasteiger partial charge on any atom is 0.266 e. The summed E-state index contributed by atoms with van der Waals surface area (Å²) in [6.07, 6.45) is 6.13. The number of rotatable bonds is 6. The van der Waals surface area contributed by atoms with Gasteiger partial charge in [0.25, 0.3) is 11.5 Å². The lowest BCUT2D eigenvalue weighted by atomic mass is 10.3. The summed E-state index contributed by atoms with van der Waals surface area (Å²) >= 11 is 1.53. The van der Waals surface area contributed by atoms with Crippen molar-refractivity contribution in [3.63, 3.8) is 0 Å². The molecule has 0 bridgehead atoms. The quantitative estimate of drug-likeness (QED) is 0.459. The second kappa shape index (κ2) is 8.94. The molecule has 0 aliphatic carbocycles. The minimum absolute atomic E-state index is 0.0625. The van der Waals surface area contributed by atoms with E-state index in [0.717, 1.165) is 10.0 Å². The van der Waals surface area contributed by atoms with Gasteiger partial charge in [-0.2, -0.15) is 0 Å². The van der Waals surface area contributed by atoms with E-state index in [1.807, 2.05) is 6.92 Å². The molecule has 4 rings (SSSR count). The molecule has 11 heteroatoms. The van der Waals surface area contributed by atoms with Gasteiger partial charge in [-0.15, -0.1) is 11.3 Å². The Bertz CT molecular complexity index is 1330. The predicted octanol–water partition coefficient (Wildman–Crippen LogP) is 3.43. The topological polar surface area (TPSA) is 124 Å².